The van der Waals surface area contributed by atoms with E-state index in [9.17, 15) is 4.79 Å². The largest absolute Gasteiger partial charge is 0.491 e. The van der Waals surface area contributed by atoms with Crippen LogP contribution in [0.2, 0.25) is 0 Å². The van der Waals surface area contributed by atoms with Crippen molar-refractivity contribution < 1.29 is 14.3 Å². The SMILES string of the molecule is O=C(NC1CCc2cc(C3CCCCN3)ccc2C1)c1ccc(OC[C@@H]2CCCO2)cc1. The minimum absolute atomic E-state index is 0.00727. The fourth-order valence-corrected chi connectivity index (χ4v) is 5.19. The highest BCUT2D eigenvalue weighted by Gasteiger charge is 2.23. The molecular weight excluding hydrogens is 400 g/mol. The molecule has 170 valence electrons. The molecule has 2 aliphatic heterocycles. The molecule has 5 heteroatoms. The van der Waals surface area contributed by atoms with E-state index >= 15 is 0 Å². The molecule has 0 spiro atoms. The van der Waals surface area contributed by atoms with Gasteiger partial charge in [-0.2, -0.15) is 0 Å². The van der Waals surface area contributed by atoms with E-state index in [0.29, 0.717) is 18.2 Å². The first-order valence-corrected chi connectivity index (χ1v) is 12.2. The molecule has 0 saturated carbocycles. The first-order valence-electron chi connectivity index (χ1n) is 12.2. The third-order valence-electron chi connectivity index (χ3n) is 7.08. The van der Waals surface area contributed by atoms with Gasteiger partial charge in [-0.15, -0.1) is 0 Å². The number of fused-ring (bicyclic) bond motifs is 1. The number of hydrogen-bond donors (Lipinski definition) is 2. The van der Waals surface area contributed by atoms with Gasteiger partial charge in [-0.05, 0) is 92.4 Å². The molecule has 0 radical (unpaired) electrons. The number of carbonyl (C=O) groups excluding carboxylic acids is 1. The van der Waals surface area contributed by atoms with Crippen molar-refractivity contribution in [1.82, 2.24) is 10.6 Å². The van der Waals surface area contributed by atoms with Gasteiger partial charge in [0.25, 0.3) is 5.91 Å². The van der Waals surface area contributed by atoms with Crippen molar-refractivity contribution in [2.24, 2.45) is 0 Å². The van der Waals surface area contributed by atoms with Gasteiger partial charge in [-0.3, -0.25) is 4.79 Å². The first-order chi connectivity index (χ1) is 15.7. The van der Waals surface area contributed by atoms with Crippen molar-refractivity contribution in [2.45, 2.75) is 69.6 Å². The lowest BCUT2D eigenvalue weighted by atomic mass is 9.85. The zero-order valence-electron chi connectivity index (χ0n) is 18.8. The number of rotatable bonds is 6. The number of benzene rings is 2. The summed E-state index contributed by atoms with van der Waals surface area (Å²) in [5.41, 5.74) is 4.93. The van der Waals surface area contributed by atoms with E-state index < -0.39 is 0 Å². The van der Waals surface area contributed by atoms with Crippen LogP contribution in [0.15, 0.2) is 42.5 Å². The Morgan fingerprint density at radius 2 is 1.94 bits per heavy atom. The van der Waals surface area contributed by atoms with Crippen LogP contribution in [-0.4, -0.2) is 37.8 Å². The minimum atomic E-state index is -0.00727. The maximum atomic E-state index is 12.8. The zero-order valence-corrected chi connectivity index (χ0v) is 18.8. The van der Waals surface area contributed by atoms with E-state index in [1.807, 2.05) is 24.3 Å². The van der Waals surface area contributed by atoms with Gasteiger partial charge >= 0.3 is 0 Å². The number of piperidine rings is 1. The molecule has 2 heterocycles. The van der Waals surface area contributed by atoms with E-state index in [2.05, 4.69) is 28.8 Å². The summed E-state index contributed by atoms with van der Waals surface area (Å²) in [5, 5.41) is 6.89. The normalized spacial score (nSPS) is 25.2. The molecule has 3 aliphatic rings. The third-order valence-corrected chi connectivity index (χ3v) is 7.08. The lowest BCUT2D eigenvalue weighted by Gasteiger charge is -2.28. The summed E-state index contributed by atoms with van der Waals surface area (Å²) < 4.78 is 11.4. The van der Waals surface area contributed by atoms with Gasteiger partial charge in [0, 0.05) is 24.3 Å². The van der Waals surface area contributed by atoms with Crippen molar-refractivity contribution in [3.05, 3.63) is 64.7 Å². The topological polar surface area (TPSA) is 59.6 Å². The van der Waals surface area contributed by atoms with Crippen molar-refractivity contribution >= 4 is 5.91 Å². The average molecular weight is 435 g/mol. The van der Waals surface area contributed by atoms with E-state index in [0.717, 1.165) is 51.0 Å². The number of hydrogen-bond acceptors (Lipinski definition) is 4. The predicted octanol–water partition coefficient (Wildman–Crippen LogP) is 4.35. The van der Waals surface area contributed by atoms with Crippen LogP contribution in [-0.2, 0) is 17.6 Å². The second kappa shape index (κ2) is 10.1. The van der Waals surface area contributed by atoms with Crippen LogP contribution < -0.4 is 15.4 Å². The van der Waals surface area contributed by atoms with Gasteiger partial charge in [-0.25, -0.2) is 0 Å². The Hall–Kier alpha value is -2.37. The highest BCUT2D eigenvalue weighted by Crippen LogP contribution is 2.28. The molecule has 2 aromatic rings. The molecule has 2 fully saturated rings. The van der Waals surface area contributed by atoms with E-state index in [1.54, 1.807) is 0 Å². The van der Waals surface area contributed by atoms with Gasteiger partial charge < -0.3 is 20.1 Å². The molecule has 0 aromatic heterocycles. The Morgan fingerprint density at radius 1 is 1.03 bits per heavy atom. The molecule has 1 amide bonds. The predicted molar refractivity (Wildman–Crippen MR) is 125 cm³/mol. The molecular formula is C27H34N2O3. The van der Waals surface area contributed by atoms with Crippen molar-refractivity contribution in [3.8, 4) is 5.75 Å². The summed E-state index contributed by atoms with van der Waals surface area (Å²) in [5.74, 6) is 0.777. The number of ether oxygens (including phenoxy) is 2. The van der Waals surface area contributed by atoms with Gasteiger partial charge in [0.05, 0.1) is 6.10 Å². The van der Waals surface area contributed by atoms with Gasteiger partial charge in [-0.1, -0.05) is 24.6 Å². The molecule has 5 nitrogen and oxygen atoms in total. The number of amides is 1. The summed E-state index contributed by atoms with van der Waals surface area (Å²) >= 11 is 0. The number of nitrogens with one attached hydrogen (secondary N) is 2. The van der Waals surface area contributed by atoms with Crippen molar-refractivity contribution in [1.29, 1.82) is 0 Å². The fraction of sp³-hybridized carbons (Fsp3) is 0.519. The highest BCUT2D eigenvalue weighted by atomic mass is 16.5. The van der Waals surface area contributed by atoms with Crippen LogP contribution in [0.25, 0.3) is 0 Å². The number of aryl methyl sites for hydroxylation is 1. The van der Waals surface area contributed by atoms with Gasteiger partial charge in [0.15, 0.2) is 0 Å². The van der Waals surface area contributed by atoms with Crippen molar-refractivity contribution in [3.63, 3.8) is 0 Å². The van der Waals surface area contributed by atoms with E-state index in [-0.39, 0.29) is 18.1 Å². The molecule has 2 aromatic carbocycles. The quantitative estimate of drug-likeness (QED) is 0.710. The van der Waals surface area contributed by atoms with Crippen LogP contribution in [0.4, 0.5) is 0 Å². The molecule has 2 N–H and O–H groups in total. The maximum Gasteiger partial charge on any atom is 0.251 e. The highest BCUT2D eigenvalue weighted by molar-refractivity contribution is 5.94. The second-order valence-corrected chi connectivity index (χ2v) is 9.41. The molecule has 32 heavy (non-hydrogen) atoms. The van der Waals surface area contributed by atoms with Crippen LogP contribution >= 0.6 is 0 Å². The summed E-state index contributed by atoms with van der Waals surface area (Å²) in [6.45, 7) is 2.53. The fourth-order valence-electron chi connectivity index (χ4n) is 5.19. The summed E-state index contributed by atoms with van der Waals surface area (Å²) in [6, 6.07) is 15.1. The standard InChI is InChI=1S/C27H34N2O3/c30-27(19-9-12-24(13-10-19)32-18-25-4-3-15-31-25)29-23-11-8-20-16-22(7-6-21(20)17-23)26-5-1-2-14-28-26/h6-7,9-10,12-13,16,23,25-26,28H,1-5,8,11,14-15,17-18H2,(H,29,30)/t23?,25-,26?/m0/s1. The Morgan fingerprint density at radius 3 is 2.72 bits per heavy atom. The smallest absolute Gasteiger partial charge is 0.251 e. The van der Waals surface area contributed by atoms with E-state index in [1.165, 1.54) is 36.0 Å². The lowest BCUT2D eigenvalue weighted by molar-refractivity contribution is 0.0679. The summed E-state index contributed by atoms with van der Waals surface area (Å²) in [7, 11) is 0. The first kappa shape index (κ1) is 21.5. The summed E-state index contributed by atoms with van der Waals surface area (Å²) in [6.07, 6.45) is 9.11. The van der Waals surface area contributed by atoms with Crippen molar-refractivity contribution in [2.75, 3.05) is 19.8 Å². The Kier molecular flexibility index (Phi) is 6.75. The monoisotopic (exact) mass is 434 g/mol. The Balaban J connectivity index is 1.14. The maximum absolute atomic E-state index is 12.8. The third kappa shape index (κ3) is 5.16. The Bertz CT molecular complexity index is 915. The Labute approximate surface area is 190 Å². The minimum Gasteiger partial charge on any atom is -0.491 e. The molecule has 5 rings (SSSR count). The molecule has 2 saturated heterocycles. The van der Waals surface area contributed by atoms with Gasteiger partial charge in [0.2, 0.25) is 0 Å². The average Bonchev–Trinajstić information content (AvgIpc) is 3.37. The molecule has 2 unspecified atom stereocenters. The molecule has 3 atom stereocenters. The number of carbonyl (C=O) groups is 1. The molecule has 0 bridgehead atoms. The molecule has 1 aliphatic carbocycles. The van der Waals surface area contributed by atoms with Gasteiger partial charge in [0.1, 0.15) is 12.4 Å². The summed E-state index contributed by atoms with van der Waals surface area (Å²) in [4.78, 5) is 12.8. The van der Waals surface area contributed by atoms with Crippen LogP contribution in [0.3, 0.4) is 0 Å². The van der Waals surface area contributed by atoms with E-state index in [4.69, 9.17) is 9.47 Å². The van der Waals surface area contributed by atoms with Crippen LogP contribution in [0.5, 0.6) is 5.75 Å². The van der Waals surface area contributed by atoms with Crippen LogP contribution in [0, 0.1) is 0 Å². The zero-order chi connectivity index (χ0) is 21.8. The van der Waals surface area contributed by atoms with Crippen LogP contribution in [0.1, 0.15) is 71.6 Å². The second-order valence-electron chi connectivity index (χ2n) is 9.41. The lowest BCUT2D eigenvalue weighted by Crippen LogP contribution is -2.39.